The number of hydrogen-bond donors (Lipinski definition) is 1. The topological polar surface area (TPSA) is 26.0 Å². The van der Waals surface area contributed by atoms with Crippen LogP contribution in [0.4, 0.5) is 5.69 Å². The molecule has 0 spiro atoms. The number of aryl methyl sites for hydroxylation is 2. The summed E-state index contributed by atoms with van der Waals surface area (Å²) in [7, 11) is 0. The third-order valence-electron chi connectivity index (χ3n) is 3.68. The van der Waals surface area contributed by atoms with E-state index in [1.165, 1.54) is 21.9 Å². The largest absolute Gasteiger partial charge is 0.398 e. The zero-order chi connectivity index (χ0) is 13.4. The highest BCUT2D eigenvalue weighted by Crippen LogP contribution is 2.28. The molecule has 0 radical (unpaired) electrons. The number of anilines is 1. The lowest BCUT2D eigenvalue weighted by Crippen LogP contribution is -1.94. The van der Waals surface area contributed by atoms with Crippen LogP contribution in [0.25, 0.3) is 21.9 Å². The fourth-order valence-electron chi connectivity index (χ4n) is 2.51. The quantitative estimate of drug-likeness (QED) is 0.619. The van der Waals surface area contributed by atoms with Gasteiger partial charge in [0.1, 0.15) is 0 Å². The van der Waals surface area contributed by atoms with Crippen LogP contribution in [0, 0.1) is 13.8 Å². The van der Waals surface area contributed by atoms with Gasteiger partial charge in [0.05, 0.1) is 0 Å². The first-order chi connectivity index (χ1) is 9.15. The first-order valence-corrected chi connectivity index (χ1v) is 6.51. The minimum absolute atomic E-state index is 0.893. The summed E-state index contributed by atoms with van der Waals surface area (Å²) in [6, 6.07) is 19.3. The van der Waals surface area contributed by atoms with E-state index in [2.05, 4.69) is 68.4 Å². The van der Waals surface area contributed by atoms with Crippen molar-refractivity contribution in [2.75, 3.05) is 5.73 Å². The summed E-state index contributed by atoms with van der Waals surface area (Å²) in [5.41, 5.74) is 11.7. The minimum Gasteiger partial charge on any atom is -0.398 e. The number of nitrogens with two attached hydrogens (primary N) is 1. The maximum absolute atomic E-state index is 6.02. The SMILES string of the molecule is Cc1cc(-c2ccc3ccccc3c2)cc(C)c1N. The molecular weight excluding hydrogens is 230 g/mol. The maximum atomic E-state index is 6.02. The molecule has 19 heavy (non-hydrogen) atoms. The molecule has 0 saturated heterocycles. The van der Waals surface area contributed by atoms with Crippen molar-refractivity contribution in [2.24, 2.45) is 0 Å². The van der Waals surface area contributed by atoms with Gasteiger partial charge in [-0.3, -0.25) is 0 Å². The van der Waals surface area contributed by atoms with Crippen molar-refractivity contribution in [3.05, 3.63) is 65.7 Å². The molecule has 3 aromatic rings. The molecule has 0 heterocycles. The number of benzene rings is 3. The normalized spacial score (nSPS) is 10.8. The molecule has 0 saturated carbocycles. The highest BCUT2D eigenvalue weighted by Gasteiger charge is 2.04. The summed E-state index contributed by atoms with van der Waals surface area (Å²) in [6.45, 7) is 4.12. The van der Waals surface area contributed by atoms with E-state index >= 15 is 0 Å². The van der Waals surface area contributed by atoms with Gasteiger partial charge >= 0.3 is 0 Å². The minimum atomic E-state index is 0.893. The Morgan fingerprint density at radius 3 is 2.00 bits per heavy atom. The summed E-state index contributed by atoms with van der Waals surface area (Å²) in [5, 5.41) is 2.54. The third kappa shape index (κ3) is 2.08. The Morgan fingerprint density at radius 1 is 0.684 bits per heavy atom. The highest BCUT2D eigenvalue weighted by molar-refractivity contribution is 5.87. The fraction of sp³-hybridized carbons (Fsp3) is 0.111. The van der Waals surface area contributed by atoms with Gasteiger partial charge in [-0.15, -0.1) is 0 Å². The van der Waals surface area contributed by atoms with Gasteiger partial charge in [0.2, 0.25) is 0 Å². The molecule has 1 nitrogen and oxygen atoms in total. The molecule has 0 aromatic heterocycles. The average molecular weight is 247 g/mol. The zero-order valence-electron chi connectivity index (χ0n) is 11.3. The van der Waals surface area contributed by atoms with Crippen molar-refractivity contribution in [1.29, 1.82) is 0 Å². The second-order valence-electron chi connectivity index (χ2n) is 5.09. The van der Waals surface area contributed by atoms with Crippen LogP contribution in [0.1, 0.15) is 11.1 Å². The van der Waals surface area contributed by atoms with Gasteiger partial charge in [0.25, 0.3) is 0 Å². The first kappa shape index (κ1) is 11.8. The summed E-state index contributed by atoms with van der Waals surface area (Å²) in [6.07, 6.45) is 0. The van der Waals surface area contributed by atoms with Crippen LogP contribution in [-0.4, -0.2) is 0 Å². The van der Waals surface area contributed by atoms with E-state index in [1.807, 2.05) is 0 Å². The summed E-state index contributed by atoms with van der Waals surface area (Å²) in [4.78, 5) is 0. The number of rotatable bonds is 1. The molecule has 0 aliphatic carbocycles. The highest BCUT2D eigenvalue weighted by atomic mass is 14.6. The van der Waals surface area contributed by atoms with Crippen LogP contribution in [0.15, 0.2) is 54.6 Å². The summed E-state index contributed by atoms with van der Waals surface area (Å²) < 4.78 is 0. The van der Waals surface area contributed by atoms with E-state index in [-0.39, 0.29) is 0 Å². The number of hydrogen-bond acceptors (Lipinski definition) is 1. The van der Waals surface area contributed by atoms with Gasteiger partial charge in [-0.2, -0.15) is 0 Å². The van der Waals surface area contributed by atoms with Crippen LogP contribution in [0.3, 0.4) is 0 Å². The Balaban J connectivity index is 2.19. The molecule has 94 valence electrons. The van der Waals surface area contributed by atoms with Gasteiger partial charge in [-0.25, -0.2) is 0 Å². The molecular formula is C18H17N. The Bertz CT molecular complexity index is 733. The Labute approximate surface area is 113 Å². The Kier molecular flexibility index (Phi) is 2.75. The van der Waals surface area contributed by atoms with E-state index in [1.54, 1.807) is 0 Å². The molecule has 2 N–H and O–H groups in total. The molecule has 0 aliphatic rings. The molecule has 0 aliphatic heterocycles. The lowest BCUT2D eigenvalue weighted by molar-refractivity contribution is 1.39. The van der Waals surface area contributed by atoms with E-state index < -0.39 is 0 Å². The average Bonchev–Trinajstić information content (AvgIpc) is 2.43. The van der Waals surface area contributed by atoms with Gasteiger partial charge in [-0.1, -0.05) is 36.4 Å². The second-order valence-corrected chi connectivity index (χ2v) is 5.09. The molecule has 0 bridgehead atoms. The lowest BCUT2D eigenvalue weighted by atomic mass is 9.97. The van der Waals surface area contributed by atoms with E-state index in [9.17, 15) is 0 Å². The second kappa shape index (κ2) is 4.43. The fourth-order valence-corrected chi connectivity index (χ4v) is 2.51. The molecule has 0 atom stereocenters. The standard InChI is InChI=1S/C18H17N/c1-12-9-17(10-13(2)18(12)19)16-8-7-14-5-3-4-6-15(14)11-16/h3-11H,19H2,1-2H3. The predicted octanol–water partition coefficient (Wildman–Crippen LogP) is 4.71. The van der Waals surface area contributed by atoms with Crippen molar-refractivity contribution in [3.63, 3.8) is 0 Å². The van der Waals surface area contributed by atoms with Crippen LogP contribution in [-0.2, 0) is 0 Å². The van der Waals surface area contributed by atoms with Crippen molar-refractivity contribution < 1.29 is 0 Å². The van der Waals surface area contributed by atoms with Crippen LogP contribution in [0.5, 0.6) is 0 Å². The van der Waals surface area contributed by atoms with E-state index in [4.69, 9.17) is 5.73 Å². The van der Waals surface area contributed by atoms with Crippen LogP contribution in [0.2, 0.25) is 0 Å². The molecule has 0 fully saturated rings. The van der Waals surface area contributed by atoms with Gasteiger partial charge in [0, 0.05) is 5.69 Å². The first-order valence-electron chi connectivity index (χ1n) is 6.51. The molecule has 0 unspecified atom stereocenters. The molecule has 1 heteroatoms. The zero-order valence-corrected chi connectivity index (χ0v) is 11.3. The molecule has 0 amide bonds. The predicted molar refractivity (Wildman–Crippen MR) is 83.3 cm³/mol. The monoisotopic (exact) mass is 247 g/mol. The van der Waals surface area contributed by atoms with Crippen molar-refractivity contribution in [2.45, 2.75) is 13.8 Å². The smallest absolute Gasteiger partial charge is 0.0373 e. The number of nitrogen functional groups attached to an aromatic ring is 1. The number of fused-ring (bicyclic) bond motifs is 1. The van der Waals surface area contributed by atoms with Crippen molar-refractivity contribution in [3.8, 4) is 11.1 Å². The van der Waals surface area contributed by atoms with Gasteiger partial charge in [0.15, 0.2) is 0 Å². The van der Waals surface area contributed by atoms with Crippen LogP contribution < -0.4 is 5.73 Å². The Hall–Kier alpha value is -2.28. The van der Waals surface area contributed by atoms with Gasteiger partial charge in [-0.05, 0) is 65.1 Å². The van der Waals surface area contributed by atoms with Crippen molar-refractivity contribution in [1.82, 2.24) is 0 Å². The lowest BCUT2D eigenvalue weighted by Gasteiger charge is -2.10. The van der Waals surface area contributed by atoms with E-state index in [0.29, 0.717) is 0 Å². The van der Waals surface area contributed by atoms with Crippen molar-refractivity contribution >= 4 is 16.5 Å². The maximum Gasteiger partial charge on any atom is 0.0373 e. The van der Waals surface area contributed by atoms with E-state index in [0.717, 1.165) is 16.8 Å². The third-order valence-corrected chi connectivity index (χ3v) is 3.68. The summed E-state index contributed by atoms with van der Waals surface area (Å²) >= 11 is 0. The van der Waals surface area contributed by atoms with Crippen LogP contribution >= 0.6 is 0 Å². The molecule has 3 rings (SSSR count). The Morgan fingerprint density at radius 2 is 1.32 bits per heavy atom. The van der Waals surface area contributed by atoms with Gasteiger partial charge < -0.3 is 5.73 Å². The molecule has 3 aromatic carbocycles. The summed E-state index contributed by atoms with van der Waals surface area (Å²) in [5.74, 6) is 0.